The molecule has 0 aromatic rings. The minimum atomic E-state index is -5.67. The summed E-state index contributed by atoms with van der Waals surface area (Å²) in [5.74, 6) is -1.45. The molecular formula is C22H30N4O15P2-2. The molecule has 2 unspecified atom stereocenters. The van der Waals surface area contributed by atoms with Gasteiger partial charge in [-0.3, -0.25) is 18.7 Å². The quantitative estimate of drug-likeness (QED) is 0.110. The predicted octanol–water partition coefficient (Wildman–Crippen LogP) is -3.96. The first kappa shape index (κ1) is 33.4. The molecule has 4 aliphatic rings. The van der Waals surface area contributed by atoms with Crippen molar-refractivity contribution >= 4 is 27.5 Å². The molecule has 240 valence electrons. The number of hydrogen-bond donors (Lipinski definition) is 6. The minimum Gasteiger partial charge on any atom is -0.756 e. The van der Waals surface area contributed by atoms with E-state index in [2.05, 4.69) is 13.4 Å². The van der Waals surface area contributed by atoms with Gasteiger partial charge in [-0.05, 0) is 12.8 Å². The molecule has 4 aliphatic heterocycles. The van der Waals surface area contributed by atoms with Crippen molar-refractivity contribution in [1.82, 2.24) is 9.80 Å². The largest absolute Gasteiger partial charge is 0.756 e. The van der Waals surface area contributed by atoms with Gasteiger partial charge in [0.15, 0.2) is 12.5 Å². The van der Waals surface area contributed by atoms with Gasteiger partial charge in [0, 0.05) is 35.9 Å². The maximum Gasteiger partial charge on any atom is 0.274 e. The number of carbonyl (C=O) groups is 2. The van der Waals surface area contributed by atoms with Crippen molar-refractivity contribution in [1.29, 1.82) is 0 Å². The summed E-state index contributed by atoms with van der Waals surface area (Å²) in [5, 5.41) is 41.3. The summed E-state index contributed by atoms with van der Waals surface area (Å²) in [5.41, 5.74) is 10.9. The molecule has 0 radical (unpaired) electrons. The monoisotopic (exact) mass is 652 g/mol. The second-order valence-corrected chi connectivity index (χ2v) is 12.7. The Morgan fingerprint density at radius 3 is 1.51 bits per heavy atom. The normalized spacial score (nSPS) is 35.3. The van der Waals surface area contributed by atoms with Gasteiger partial charge in [0.1, 0.15) is 36.6 Å². The average Bonchev–Trinajstić information content (AvgIpc) is 3.40. The Labute approximate surface area is 244 Å². The van der Waals surface area contributed by atoms with Crippen molar-refractivity contribution in [3.05, 3.63) is 48.1 Å². The van der Waals surface area contributed by atoms with Gasteiger partial charge in [-0.25, -0.2) is 4.31 Å². The first-order chi connectivity index (χ1) is 20.1. The van der Waals surface area contributed by atoms with Crippen LogP contribution in [-0.2, 0) is 41.6 Å². The van der Waals surface area contributed by atoms with E-state index in [1.165, 1.54) is 46.8 Å². The van der Waals surface area contributed by atoms with E-state index >= 15 is 0 Å². The number of primary amides is 2. The number of aliphatic hydroxyl groups excluding tert-OH is 4. The Bertz CT molecular complexity index is 1210. The molecule has 2 saturated heterocycles. The van der Waals surface area contributed by atoms with E-state index in [1.54, 1.807) is 0 Å². The summed E-state index contributed by atoms with van der Waals surface area (Å²) in [6.07, 6.45) is -3.13. The van der Waals surface area contributed by atoms with E-state index < -0.39 is 89.8 Å². The summed E-state index contributed by atoms with van der Waals surface area (Å²) < 4.78 is 48.4. The molecular weight excluding hydrogens is 622 g/mol. The van der Waals surface area contributed by atoms with Crippen molar-refractivity contribution < 1.29 is 71.8 Å². The summed E-state index contributed by atoms with van der Waals surface area (Å²) in [7, 11) is -11.3. The van der Waals surface area contributed by atoms with Crippen LogP contribution in [0.15, 0.2) is 48.1 Å². The van der Waals surface area contributed by atoms with Gasteiger partial charge in [-0.2, -0.15) is 0 Å². The van der Waals surface area contributed by atoms with Gasteiger partial charge < -0.3 is 70.0 Å². The first-order valence-corrected chi connectivity index (χ1v) is 15.6. The van der Waals surface area contributed by atoms with Crippen molar-refractivity contribution in [2.24, 2.45) is 11.5 Å². The molecule has 0 spiro atoms. The highest BCUT2D eigenvalue weighted by atomic mass is 31.3. The molecule has 4 heterocycles. The molecule has 43 heavy (non-hydrogen) atoms. The van der Waals surface area contributed by atoms with Gasteiger partial charge in [0.2, 0.25) is 11.8 Å². The lowest BCUT2D eigenvalue weighted by Gasteiger charge is -2.32. The third kappa shape index (κ3) is 7.98. The number of hydrogen-bond acceptors (Lipinski definition) is 17. The van der Waals surface area contributed by atoms with Crippen LogP contribution < -0.4 is 21.3 Å². The molecule has 0 aliphatic carbocycles. The first-order valence-electron chi connectivity index (χ1n) is 12.6. The van der Waals surface area contributed by atoms with Crippen LogP contribution in [0.25, 0.3) is 0 Å². The smallest absolute Gasteiger partial charge is 0.274 e. The molecule has 4 rings (SSSR count). The van der Waals surface area contributed by atoms with Gasteiger partial charge >= 0.3 is 0 Å². The van der Waals surface area contributed by atoms with Gasteiger partial charge in [0.05, 0.1) is 13.2 Å². The zero-order chi connectivity index (χ0) is 31.7. The van der Waals surface area contributed by atoms with E-state index in [1.807, 2.05) is 0 Å². The number of phosphoric acid groups is 2. The van der Waals surface area contributed by atoms with Crippen LogP contribution in [0.1, 0.15) is 12.8 Å². The van der Waals surface area contributed by atoms with E-state index in [9.17, 15) is 48.9 Å². The van der Waals surface area contributed by atoms with Crippen molar-refractivity contribution in [3.8, 4) is 0 Å². The Morgan fingerprint density at radius 1 is 0.791 bits per heavy atom. The SMILES string of the molecule is NC(=O)C1=CN([C@H]2O[C@H](COP(=O)([O-])OP(=O)([O-])OC[C@H]3O[C@H](N4C=CCC(C(N)=O)=C4)[C@H](O)[C@@H]3O)[C@@H](O)[C@H]2O)C=CC1. The summed E-state index contributed by atoms with van der Waals surface area (Å²) in [6, 6.07) is 0. The van der Waals surface area contributed by atoms with Gasteiger partial charge in [-0.15, -0.1) is 0 Å². The van der Waals surface area contributed by atoms with Crippen LogP contribution in [0, 0.1) is 0 Å². The lowest BCUT2D eigenvalue weighted by molar-refractivity contribution is -0.247. The number of carbonyl (C=O) groups excluding carboxylic acids is 2. The second-order valence-electron chi connectivity index (χ2n) is 9.77. The van der Waals surface area contributed by atoms with Crippen molar-refractivity contribution in [3.63, 3.8) is 0 Å². The molecule has 0 aromatic heterocycles. The standard InChI is InChI=1S/C22H32N4O15P2/c23-19(31)11-3-1-5-25(7-11)21-17(29)15(27)13(39-21)9-37-42(33,34)41-43(35,36)38-10-14-16(28)18(30)22(40-14)26-6-2-4-12(8-26)20(24)32/h1-2,5-8,13-18,21-22,27-30H,3-4,9-10H2,(H2,23,31)(H2,24,32)(H,33,34)(H,35,36)/p-2/t13-,14-,15-,16-,17-,18-,21+,22+/m1/s1. The summed E-state index contributed by atoms with van der Waals surface area (Å²) >= 11 is 0. The second kappa shape index (κ2) is 13.3. The number of rotatable bonds is 12. The molecule has 10 atom stereocenters. The number of nitrogens with zero attached hydrogens (tertiary/aromatic N) is 2. The molecule has 19 nitrogen and oxygen atoms in total. The van der Waals surface area contributed by atoms with Crippen LogP contribution in [0.2, 0.25) is 0 Å². The molecule has 0 bridgehead atoms. The molecule has 2 fully saturated rings. The highest BCUT2D eigenvalue weighted by molar-refractivity contribution is 7.59. The van der Waals surface area contributed by atoms with Crippen LogP contribution in [0.4, 0.5) is 0 Å². The average molecular weight is 652 g/mol. The number of amides is 2. The molecule has 0 aromatic carbocycles. The number of phosphoric ester groups is 2. The van der Waals surface area contributed by atoms with E-state index in [4.69, 9.17) is 20.9 Å². The lowest BCUT2D eigenvalue weighted by Crippen LogP contribution is -2.40. The number of aliphatic hydroxyl groups is 4. The zero-order valence-corrected chi connectivity index (χ0v) is 23.9. The lowest BCUT2D eigenvalue weighted by atomic mass is 10.1. The van der Waals surface area contributed by atoms with Crippen molar-refractivity contribution in [2.75, 3.05) is 13.2 Å². The Balaban J connectivity index is 1.29. The van der Waals surface area contributed by atoms with Crippen LogP contribution in [0.5, 0.6) is 0 Å². The number of ether oxygens (including phenoxy) is 2. The maximum absolute atomic E-state index is 12.2. The third-order valence-corrected chi connectivity index (χ3v) is 9.26. The van der Waals surface area contributed by atoms with E-state index in [0.717, 1.165) is 0 Å². The maximum atomic E-state index is 12.2. The number of allylic oxidation sites excluding steroid dienone is 2. The number of nitrogens with two attached hydrogens (primary N) is 2. The fourth-order valence-corrected chi connectivity index (χ4v) is 6.54. The van der Waals surface area contributed by atoms with E-state index in [-0.39, 0.29) is 24.0 Å². The fraction of sp³-hybridized carbons (Fsp3) is 0.545. The summed E-state index contributed by atoms with van der Waals surface area (Å²) in [6.45, 7) is -1.97. The van der Waals surface area contributed by atoms with Crippen molar-refractivity contribution in [2.45, 2.75) is 61.9 Å². The zero-order valence-electron chi connectivity index (χ0n) is 22.1. The van der Waals surface area contributed by atoms with Gasteiger partial charge in [-0.1, -0.05) is 12.2 Å². The Kier molecular flexibility index (Phi) is 10.3. The highest BCUT2D eigenvalue weighted by Gasteiger charge is 2.47. The molecule has 21 heteroatoms. The Morgan fingerprint density at radius 2 is 1.16 bits per heavy atom. The third-order valence-electron chi connectivity index (χ3n) is 6.73. The van der Waals surface area contributed by atoms with Crippen LogP contribution in [-0.4, -0.2) is 104 Å². The Hall–Kier alpha value is -2.48. The van der Waals surface area contributed by atoms with E-state index in [0.29, 0.717) is 0 Å². The predicted molar refractivity (Wildman–Crippen MR) is 135 cm³/mol. The van der Waals surface area contributed by atoms with Crippen LogP contribution in [0.3, 0.4) is 0 Å². The molecule has 8 N–H and O–H groups in total. The topological polar surface area (TPSA) is 300 Å². The molecule has 2 amide bonds. The fourth-order valence-electron chi connectivity index (χ4n) is 4.52. The molecule has 0 saturated carbocycles. The minimum absolute atomic E-state index is 0.175. The summed E-state index contributed by atoms with van der Waals surface area (Å²) in [4.78, 5) is 49.8. The van der Waals surface area contributed by atoms with Gasteiger partial charge in [0.25, 0.3) is 15.6 Å². The highest BCUT2D eigenvalue weighted by Crippen LogP contribution is 2.56. The van der Waals surface area contributed by atoms with Crippen LogP contribution >= 0.6 is 15.6 Å².